The third-order valence-corrected chi connectivity index (χ3v) is 7.76. The summed E-state index contributed by atoms with van der Waals surface area (Å²) in [5, 5.41) is 4.71. The van der Waals surface area contributed by atoms with E-state index in [0.29, 0.717) is 25.2 Å². The molecule has 0 saturated carbocycles. The molecule has 1 aromatic carbocycles. The van der Waals surface area contributed by atoms with Gasteiger partial charge < -0.3 is 26.5 Å². The van der Waals surface area contributed by atoms with Gasteiger partial charge in [-0.15, -0.1) is 11.3 Å². The lowest BCUT2D eigenvalue weighted by atomic mass is 9.93. The van der Waals surface area contributed by atoms with Crippen molar-refractivity contribution in [3.05, 3.63) is 53.2 Å². The molecule has 35 heavy (non-hydrogen) atoms. The van der Waals surface area contributed by atoms with Crippen LogP contribution in [0.2, 0.25) is 0 Å². The zero-order valence-electron chi connectivity index (χ0n) is 18.2. The van der Waals surface area contributed by atoms with Crippen molar-refractivity contribution in [3.8, 4) is 10.6 Å². The van der Waals surface area contributed by atoms with Gasteiger partial charge in [-0.05, 0) is 30.0 Å². The number of thiophene rings is 1. The highest BCUT2D eigenvalue weighted by Crippen LogP contribution is 2.39. The Labute approximate surface area is 206 Å². The highest BCUT2D eigenvalue weighted by Gasteiger charge is 2.30. The summed E-state index contributed by atoms with van der Waals surface area (Å²) < 4.78 is 29.3. The van der Waals surface area contributed by atoms with Crippen molar-refractivity contribution in [2.24, 2.45) is 11.7 Å². The zero-order valence-corrected chi connectivity index (χ0v) is 19.8. The average molecular weight is 515 g/mol. The van der Waals surface area contributed by atoms with E-state index in [2.05, 4.69) is 15.3 Å². The van der Waals surface area contributed by atoms with Gasteiger partial charge in [-0.2, -0.15) is 0 Å². The maximum atomic E-state index is 14.2. The zero-order chi connectivity index (χ0) is 24.7. The van der Waals surface area contributed by atoms with Crippen LogP contribution in [0.3, 0.4) is 0 Å². The van der Waals surface area contributed by atoms with Crippen molar-refractivity contribution >= 4 is 61.5 Å². The average Bonchev–Trinajstić information content (AvgIpc) is 3.45. The number of nitrogens with one attached hydrogen (secondary N) is 1. The molecule has 3 aromatic heterocycles. The first-order chi connectivity index (χ1) is 16.9. The Morgan fingerprint density at radius 1 is 1.26 bits per heavy atom. The third kappa shape index (κ3) is 4.24. The van der Waals surface area contributed by atoms with E-state index in [1.165, 1.54) is 17.4 Å². The minimum atomic E-state index is -0.796. The molecule has 4 heterocycles. The van der Waals surface area contributed by atoms with E-state index < -0.39 is 17.5 Å². The van der Waals surface area contributed by atoms with Gasteiger partial charge >= 0.3 is 0 Å². The molecule has 0 aliphatic carbocycles. The maximum absolute atomic E-state index is 14.2. The van der Waals surface area contributed by atoms with Crippen molar-refractivity contribution in [2.45, 2.75) is 12.5 Å². The summed E-state index contributed by atoms with van der Waals surface area (Å²) in [5.74, 6) is -2.45. The van der Waals surface area contributed by atoms with Gasteiger partial charge in [-0.25, -0.2) is 13.8 Å². The normalized spacial score (nSPS) is 18.1. The van der Waals surface area contributed by atoms with Crippen molar-refractivity contribution in [1.82, 2.24) is 9.97 Å². The number of aromatic nitrogens is 2. The number of fused-ring (bicyclic) bond motifs is 1. The number of benzene rings is 1. The number of halogens is 2. The molecular weight excluding hydrogens is 494 g/mol. The lowest BCUT2D eigenvalue weighted by Gasteiger charge is -2.36. The second-order valence-corrected chi connectivity index (χ2v) is 10.1. The first-order valence-electron chi connectivity index (χ1n) is 10.7. The molecule has 1 fully saturated rings. The van der Waals surface area contributed by atoms with E-state index >= 15 is 0 Å². The van der Waals surface area contributed by atoms with Crippen LogP contribution in [-0.2, 0) is 4.79 Å². The Morgan fingerprint density at radius 3 is 2.74 bits per heavy atom. The number of piperidine rings is 1. The summed E-state index contributed by atoms with van der Waals surface area (Å²) in [5.41, 5.74) is 13.7. The topological polar surface area (TPSA) is 127 Å². The number of aldehydes is 1. The van der Waals surface area contributed by atoms with Crippen LogP contribution in [-0.4, -0.2) is 41.3 Å². The quantitative estimate of drug-likeness (QED) is 0.345. The molecule has 4 aromatic rings. The minimum absolute atomic E-state index is 0.0284. The highest BCUT2D eigenvalue weighted by molar-refractivity contribution is 7.19. The molecule has 0 bridgehead atoms. The van der Waals surface area contributed by atoms with Gasteiger partial charge in [0.2, 0.25) is 0 Å². The maximum Gasteiger partial charge on any atom is 0.277 e. The van der Waals surface area contributed by atoms with Gasteiger partial charge in [0.15, 0.2) is 5.69 Å². The molecule has 1 aliphatic heterocycles. The van der Waals surface area contributed by atoms with E-state index in [-0.39, 0.29) is 33.2 Å². The molecule has 12 heteroatoms. The largest absolute Gasteiger partial charge is 0.389 e. The van der Waals surface area contributed by atoms with Crippen LogP contribution in [0.1, 0.15) is 16.9 Å². The summed E-state index contributed by atoms with van der Waals surface area (Å²) in [4.78, 5) is 35.1. The molecular formula is C23H20F2N6O2S2. The standard InChI is InChI=1S/C23H20F2N6O2S2/c24-12-2-1-3-13(25)17(12)23-30-18(21(27)35-23)22(33)29-16-8-28-15-5-7-34-20(15)19(16)31-6-4-11(10-32)14(26)9-31/h1-3,5,7-8,10-11,14H,4,6,9,26-27H2,(H,29,33)/t11-,14?/m1/s1. The fourth-order valence-corrected chi connectivity index (χ4v) is 5.96. The molecule has 0 radical (unpaired) electrons. The number of nitrogens with zero attached hydrogens (tertiary/aromatic N) is 3. The van der Waals surface area contributed by atoms with Crippen molar-refractivity contribution in [2.75, 3.05) is 29.0 Å². The van der Waals surface area contributed by atoms with Crippen LogP contribution in [0.5, 0.6) is 0 Å². The van der Waals surface area contributed by atoms with Gasteiger partial charge in [-0.1, -0.05) is 17.4 Å². The van der Waals surface area contributed by atoms with Gasteiger partial charge in [0.05, 0.1) is 33.4 Å². The second kappa shape index (κ2) is 9.29. The summed E-state index contributed by atoms with van der Waals surface area (Å²) >= 11 is 2.30. The van der Waals surface area contributed by atoms with Crippen LogP contribution in [0.25, 0.3) is 20.8 Å². The number of rotatable bonds is 5. The molecule has 180 valence electrons. The SMILES string of the molecule is Nc1sc(-c2c(F)cccc2F)nc1C(=O)Nc1cnc2ccsc2c1N1CC[C@H](C=O)C(N)C1. The van der Waals surface area contributed by atoms with E-state index in [4.69, 9.17) is 11.5 Å². The summed E-state index contributed by atoms with van der Waals surface area (Å²) in [7, 11) is 0. The molecule has 0 spiro atoms. The summed E-state index contributed by atoms with van der Waals surface area (Å²) in [6, 6.07) is 5.00. The van der Waals surface area contributed by atoms with Gasteiger partial charge in [-0.3, -0.25) is 9.78 Å². The minimum Gasteiger partial charge on any atom is -0.389 e. The number of carbonyl (C=O) groups is 2. The summed E-state index contributed by atoms with van der Waals surface area (Å²) in [6.45, 7) is 1.01. The number of nitrogens with two attached hydrogens (primary N) is 2. The van der Waals surface area contributed by atoms with Gasteiger partial charge in [0.1, 0.15) is 27.9 Å². The van der Waals surface area contributed by atoms with Crippen LogP contribution in [0.15, 0.2) is 35.8 Å². The number of nitrogen functional groups attached to an aromatic ring is 1. The monoisotopic (exact) mass is 514 g/mol. The molecule has 5 N–H and O–H groups in total. The molecule has 1 unspecified atom stereocenters. The van der Waals surface area contributed by atoms with Crippen molar-refractivity contribution < 1.29 is 18.4 Å². The fourth-order valence-electron chi connectivity index (χ4n) is 4.16. The Bertz CT molecular complexity index is 1420. The van der Waals surface area contributed by atoms with E-state index in [1.807, 2.05) is 16.3 Å². The van der Waals surface area contributed by atoms with E-state index in [0.717, 1.165) is 45.7 Å². The predicted molar refractivity (Wildman–Crippen MR) is 134 cm³/mol. The molecule has 8 nitrogen and oxygen atoms in total. The number of hydrogen-bond donors (Lipinski definition) is 3. The van der Waals surface area contributed by atoms with Crippen LogP contribution in [0, 0.1) is 17.6 Å². The number of amides is 1. The Kier molecular flexibility index (Phi) is 6.17. The number of thiazole rings is 1. The Morgan fingerprint density at radius 2 is 2.03 bits per heavy atom. The number of anilines is 3. The van der Waals surface area contributed by atoms with Crippen LogP contribution < -0.4 is 21.7 Å². The molecule has 2 atom stereocenters. The molecule has 1 amide bonds. The molecule has 1 aliphatic rings. The first-order valence-corrected chi connectivity index (χ1v) is 12.4. The first kappa shape index (κ1) is 23.3. The van der Waals surface area contributed by atoms with Crippen LogP contribution >= 0.6 is 22.7 Å². The van der Waals surface area contributed by atoms with Crippen LogP contribution in [0.4, 0.5) is 25.2 Å². The number of carbonyl (C=O) groups excluding carboxylic acids is 2. The lowest BCUT2D eigenvalue weighted by Crippen LogP contribution is -2.49. The molecule has 5 rings (SSSR count). The van der Waals surface area contributed by atoms with Crippen molar-refractivity contribution in [1.29, 1.82) is 0 Å². The van der Waals surface area contributed by atoms with E-state index in [9.17, 15) is 18.4 Å². The second-order valence-electron chi connectivity index (χ2n) is 8.14. The predicted octanol–water partition coefficient (Wildman–Crippen LogP) is 3.89. The Hall–Kier alpha value is -3.48. The molecule has 1 saturated heterocycles. The smallest absolute Gasteiger partial charge is 0.277 e. The van der Waals surface area contributed by atoms with Gasteiger partial charge in [0, 0.05) is 25.0 Å². The third-order valence-electron chi connectivity index (χ3n) is 5.95. The highest BCUT2D eigenvalue weighted by atomic mass is 32.1. The van der Waals surface area contributed by atoms with Crippen molar-refractivity contribution in [3.63, 3.8) is 0 Å². The Balaban J connectivity index is 1.49. The lowest BCUT2D eigenvalue weighted by molar-refractivity contribution is -0.111. The fraction of sp³-hybridized carbons (Fsp3) is 0.217. The van der Waals surface area contributed by atoms with E-state index in [1.54, 1.807) is 6.20 Å². The number of hydrogen-bond acceptors (Lipinski definition) is 9. The van der Waals surface area contributed by atoms with Gasteiger partial charge in [0.25, 0.3) is 5.91 Å². The summed E-state index contributed by atoms with van der Waals surface area (Å²) in [6.07, 6.45) is 3.02. The number of pyridine rings is 1.